The summed E-state index contributed by atoms with van der Waals surface area (Å²) in [6.45, 7) is 4.88. The zero-order chi connectivity index (χ0) is 21.9. The molecule has 0 radical (unpaired) electrons. The second kappa shape index (κ2) is 9.14. The van der Waals surface area contributed by atoms with Crippen LogP contribution in [-0.4, -0.2) is 50.3 Å². The first-order valence-electron chi connectivity index (χ1n) is 10.0. The van der Waals surface area contributed by atoms with Crippen molar-refractivity contribution >= 4 is 15.9 Å². The number of amides is 1. The Morgan fingerprint density at radius 1 is 1.20 bits per heavy atom. The van der Waals surface area contributed by atoms with E-state index in [2.05, 4.69) is 0 Å². The lowest BCUT2D eigenvalue weighted by Gasteiger charge is -2.29. The molecule has 1 heterocycles. The van der Waals surface area contributed by atoms with E-state index in [9.17, 15) is 17.6 Å². The maximum absolute atomic E-state index is 14.4. The molecule has 1 fully saturated rings. The summed E-state index contributed by atoms with van der Waals surface area (Å²) in [5.74, 6) is -0.517. The first kappa shape index (κ1) is 22.2. The molecule has 3 rings (SSSR count). The maximum Gasteiger partial charge on any atom is 0.254 e. The highest BCUT2D eigenvalue weighted by Gasteiger charge is 2.31. The van der Waals surface area contributed by atoms with Gasteiger partial charge in [-0.05, 0) is 62.6 Å². The Labute approximate surface area is 177 Å². The monoisotopic (exact) mass is 434 g/mol. The Morgan fingerprint density at radius 2 is 1.90 bits per heavy atom. The molecule has 1 saturated heterocycles. The van der Waals surface area contributed by atoms with Gasteiger partial charge in [-0.25, -0.2) is 12.8 Å². The van der Waals surface area contributed by atoms with Gasteiger partial charge in [-0.3, -0.25) is 4.79 Å². The summed E-state index contributed by atoms with van der Waals surface area (Å²) in [4.78, 5) is 14.4. The topological polar surface area (TPSA) is 66.9 Å². The van der Waals surface area contributed by atoms with E-state index < -0.39 is 20.7 Å². The van der Waals surface area contributed by atoms with Crippen LogP contribution in [-0.2, 0) is 10.0 Å². The predicted molar refractivity (Wildman–Crippen MR) is 113 cm³/mol. The van der Waals surface area contributed by atoms with Crippen molar-refractivity contribution in [3.8, 4) is 5.75 Å². The number of hydrogen-bond donors (Lipinski definition) is 0. The zero-order valence-electron chi connectivity index (χ0n) is 17.5. The molecular weight excluding hydrogens is 407 g/mol. The van der Waals surface area contributed by atoms with E-state index in [1.54, 1.807) is 12.0 Å². The van der Waals surface area contributed by atoms with Crippen molar-refractivity contribution in [3.63, 3.8) is 0 Å². The number of hydrogen-bond acceptors (Lipinski definition) is 4. The van der Waals surface area contributed by atoms with Gasteiger partial charge in [-0.2, -0.15) is 4.31 Å². The van der Waals surface area contributed by atoms with Gasteiger partial charge in [0.05, 0.1) is 13.2 Å². The van der Waals surface area contributed by atoms with Crippen LogP contribution in [0.2, 0.25) is 0 Å². The molecule has 0 spiro atoms. The zero-order valence-corrected chi connectivity index (χ0v) is 18.3. The third-order valence-electron chi connectivity index (χ3n) is 5.51. The summed E-state index contributed by atoms with van der Waals surface area (Å²) in [6, 6.07) is 10.7. The van der Waals surface area contributed by atoms with Crippen molar-refractivity contribution in [1.82, 2.24) is 9.21 Å². The molecule has 8 heteroatoms. The molecular formula is C22H27FN2O4S. The largest absolute Gasteiger partial charge is 0.497 e. The minimum Gasteiger partial charge on any atom is -0.497 e. The van der Waals surface area contributed by atoms with Gasteiger partial charge < -0.3 is 9.64 Å². The third kappa shape index (κ3) is 4.34. The minimum atomic E-state index is -3.97. The van der Waals surface area contributed by atoms with Crippen LogP contribution in [0.5, 0.6) is 5.75 Å². The average molecular weight is 435 g/mol. The van der Waals surface area contributed by atoms with Crippen LogP contribution in [0.25, 0.3) is 0 Å². The van der Waals surface area contributed by atoms with E-state index in [4.69, 9.17) is 4.74 Å². The maximum atomic E-state index is 14.4. The molecule has 1 aliphatic rings. The first-order chi connectivity index (χ1) is 14.3. The van der Waals surface area contributed by atoms with Crippen LogP contribution in [0.4, 0.5) is 4.39 Å². The highest BCUT2D eigenvalue weighted by molar-refractivity contribution is 7.89. The van der Waals surface area contributed by atoms with Gasteiger partial charge in [0.25, 0.3) is 5.91 Å². The Balaban J connectivity index is 1.93. The predicted octanol–water partition coefficient (Wildman–Crippen LogP) is 3.84. The summed E-state index contributed by atoms with van der Waals surface area (Å²) in [5.41, 5.74) is 1.03. The highest BCUT2D eigenvalue weighted by Crippen LogP contribution is 2.28. The minimum absolute atomic E-state index is 0.144. The summed E-state index contributed by atoms with van der Waals surface area (Å²) in [5, 5.41) is 0. The molecule has 1 amide bonds. The molecule has 0 saturated carbocycles. The summed E-state index contributed by atoms with van der Waals surface area (Å²) >= 11 is 0. The van der Waals surface area contributed by atoms with E-state index in [-0.39, 0.29) is 17.5 Å². The number of rotatable bonds is 7. The Bertz CT molecular complexity index is 1020. The molecule has 0 aromatic heterocycles. The van der Waals surface area contributed by atoms with Crippen molar-refractivity contribution in [2.45, 2.75) is 37.6 Å². The van der Waals surface area contributed by atoms with Gasteiger partial charge in [0.15, 0.2) is 0 Å². The lowest BCUT2D eigenvalue weighted by molar-refractivity contribution is 0.0701. The normalized spacial score (nSPS) is 15.7. The molecule has 2 aromatic carbocycles. The van der Waals surface area contributed by atoms with Crippen molar-refractivity contribution < 1.29 is 22.3 Å². The molecule has 162 valence electrons. The van der Waals surface area contributed by atoms with Gasteiger partial charge in [0.1, 0.15) is 16.5 Å². The molecule has 0 bridgehead atoms. The summed E-state index contributed by atoms with van der Waals surface area (Å²) in [6.07, 6.45) is 1.50. The lowest BCUT2D eigenvalue weighted by atomic mass is 10.0. The average Bonchev–Trinajstić information content (AvgIpc) is 3.30. The van der Waals surface area contributed by atoms with Crippen molar-refractivity contribution in [2.24, 2.45) is 0 Å². The number of ether oxygens (including phenoxy) is 1. The van der Waals surface area contributed by atoms with Crippen molar-refractivity contribution in [3.05, 3.63) is 59.4 Å². The molecule has 6 nitrogen and oxygen atoms in total. The number of halogens is 1. The van der Waals surface area contributed by atoms with E-state index >= 15 is 0 Å². The van der Waals surface area contributed by atoms with Gasteiger partial charge in [-0.1, -0.05) is 12.1 Å². The van der Waals surface area contributed by atoms with Crippen molar-refractivity contribution in [1.29, 1.82) is 0 Å². The summed E-state index contributed by atoms with van der Waals surface area (Å²) in [7, 11) is -2.39. The number of nitrogens with zero attached hydrogens (tertiary/aromatic N) is 2. The molecule has 1 aliphatic heterocycles. The van der Waals surface area contributed by atoms with Crippen molar-refractivity contribution in [2.75, 3.05) is 26.7 Å². The fourth-order valence-corrected chi connectivity index (χ4v) is 5.35. The number of benzene rings is 2. The number of carbonyl (C=O) groups excluding carboxylic acids is 1. The van der Waals surface area contributed by atoms with E-state index in [1.807, 2.05) is 38.1 Å². The number of sulfonamides is 1. The fraction of sp³-hybridized carbons (Fsp3) is 0.409. The Hall–Kier alpha value is -2.45. The second-order valence-electron chi connectivity index (χ2n) is 7.30. The van der Waals surface area contributed by atoms with Gasteiger partial charge in [0.2, 0.25) is 10.0 Å². The SMILES string of the molecule is CCN(C(=O)c1ccc(F)c(S(=O)(=O)N2CCCC2)c1)C(C)c1cccc(OC)c1. The Kier molecular flexibility index (Phi) is 6.77. The van der Waals surface area contributed by atoms with Gasteiger partial charge in [0, 0.05) is 25.2 Å². The van der Waals surface area contributed by atoms with E-state index in [1.165, 1.54) is 10.4 Å². The third-order valence-corrected chi connectivity index (χ3v) is 7.42. The van der Waals surface area contributed by atoms with Crippen LogP contribution >= 0.6 is 0 Å². The second-order valence-corrected chi connectivity index (χ2v) is 9.21. The first-order valence-corrected chi connectivity index (χ1v) is 11.5. The summed E-state index contributed by atoms with van der Waals surface area (Å²) < 4.78 is 46.6. The van der Waals surface area contributed by atoms with E-state index in [0.29, 0.717) is 25.4 Å². The highest BCUT2D eigenvalue weighted by atomic mass is 32.2. The molecule has 2 aromatic rings. The Morgan fingerprint density at radius 3 is 2.53 bits per heavy atom. The quantitative estimate of drug-likeness (QED) is 0.664. The molecule has 1 unspecified atom stereocenters. The van der Waals surface area contributed by atoms with Crippen LogP contribution in [0.3, 0.4) is 0 Å². The molecule has 1 atom stereocenters. The van der Waals surface area contributed by atoms with Gasteiger partial charge in [-0.15, -0.1) is 0 Å². The smallest absolute Gasteiger partial charge is 0.254 e. The van der Waals surface area contributed by atoms with E-state index in [0.717, 1.165) is 30.5 Å². The van der Waals surface area contributed by atoms with Crippen LogP contribution in [0.1, 0.15) is 48.7 Å². The van der Waals surface area contributed by atoms with Gasteiger partial charge >= 0.3 is 0 Å². The van der Waals surface area contributed by atoms with Crippen LogP contribution in [0, 0.1) is 5.82 Å². The number of methoxy groups -OCH3 is 1. The van der Waals surface area contributed by atoms with Crippen LogP contribution < -0.4 is 4.74 Å². The molecule has 30 heavy (non-hydrogen) atoms. The fourth-order valence-electron chi connectivity index (χ4n) is 3.74. The number of carbonyl (C=O) groups is 1. The molecule has 0 aliphatic carbocycles. The lowest BCUT2D eigenvalue weighted by Crippen LogP contribution is -2.34. The van der Waals surface area contributed by atoms with Crippen LogP contribution in [0.15, 0.2) is 47.4 Å². The standard InChI is InChI=1S/C22H27FN2O4S/c1-4-25(16(2)17-8-7-9-19(14-17)29-3)22(26)18-10-11-20(23)21(15-18)30(27,28)24-12-5-6-13-24/h7-11,14-16H,4-6,12-13H2,1-3H3. The molecule has 0 N–H and O–H groups in total.